The summed E-state index contributed by atoms with van der Waals surface area (Å²) in [4.78, 5) is 17.5. The number of halogens is 1. The van der Waals surface area contributed by atoms with Crippen molar-refractivity contribution in [3.63, 3.8) is 0 Å². The molecule has 0 aliphatic heterocycles. The van der Waals surface area contributed by atoms with Gasteiger partial charge in [-0.1, -0.05) is 35.9 Å². The van der Waals surface area contributed by atoms with Gasteiger partial charge in [0.15, 0.2) is 0 Å². The Morgan fingerprint density at radius 2 is 1.74 bits per heavy atom. The third-order valence-corrected chi connectivity index (χ3v) is 6.62. The van der Waals surface area contributed by atoms with Crippen molar-refractivity contribution >= 4 is 38.2 Å². The van der Waals surface area contributed by atoms with Crippen LogP contribution in [0.3, 0.4) is 0 Å². The van der Waals surface area contributed by atoms with E-state index >= 15 is 0 Å². The first-order chi connectivity index (χ1) is 14.8. The molecule has 31 heavy (non-hydrogen) atoms. The lowest BCUT2D eigenvalue weighted by Gasteiger charge is -2.16. The summed E-state index contributed by atoms with van der Waals surface area (Å²) >= 11 is 6.04. The lowest BCUT2D eigenvalue weighted by atomic mass is 10.2. The summed E-state index contributed by atoms with van der Waals surface area (Å²) in [5, 5.41) is 0.588. The molecule has 4 aromatic rings. The fourth-order valence-electron chi connectivity index (χ4n) is 3.31. The molecule has 0 atom stereocenters. The minimum Gasteiger partial charge on any atom is -0.494 e. The van der Waals surface area contributed by atoms with E-state index in [1.54, 1.807) is 49.4 Å². The van der Waals surface area contributed by atoms with E-state index in [4.69, 9.17) is 16.3 Å². The summed E-state index contributed by atoms with van der Waals surface area (Å²) in [6, 6.07) is 18.0. The molecule has 0 aliphatic rings. The van der Waals surface area contributed by atoms with Crippen LogP contribution in [0.1, 0.15) is 5.82 Å². The molecule has 1 N–H and O–H groups in total. The fraction of sp³-hybridized carbons (Fsp3) is 0.0909. The van der Waals surface area contributed by atoms with Crippen molar-refractivity contribution < 1.29 is 13.2 Å². The van der Waals surface area contributed by atoms with E-state index in [1.165, 1.54) is 29.9 Å². The van der Waals surface area contributed by atoms with Crippen LogP contribution in [-0.4, -0.2) is 25.1 Å². The van der Waals surface area contributed by atoms with Gasteiger partial charge >= 0.3 is 0 Å². The van der Waals surface area contributed by atoms with Crippen molar-refractivity contribution in [1.29, 1.82) is 0 Å². The van der Waals surface area contributed by atoms with Crippen LogP contribution in [0.15, 0.2) is 76.4 Å². The number of benzene rings is 3. The third-order valence-electron chi connectivity index (χ3n) is 4.76. The van der Waals surface area contributed by atoms with Gasteiger partial charge < -0.3 is 4.74 Å². The standard InChI is InChI=1S/C22H18ClN3O4S/c1-14-24-18-9-5-3-7-16(18)22(27)26(14)15-11-12-19(20(13-15)30-2)25-31(28,29)21-10-6-4-8-17(21)23/h3-13,25H,1-2H3. The number of rotatable bonds is 5. The second kappa shape index (κ2) is 8.05. The number of anilines is 1. The topological polar surface area (TPSA) is 90.3 Å². The van der Waals surface area contributed by atoms with Gasteiger partial charge in [-0.2, -0.15) is 0 Å². The predicted octanol–water partition coefficient (Wildman–Crippen LogP) is 4.16. The Kier molecular flexibility index (Phi) is 5.43. The highest BCUT2D eigenvalue weighted by molar-refractivity contribution is 7.92. The smallest absolute Gasteiger partial charge is 0.265 e. The van der Waals surface area contributed by atoms with Crippen LogP contribution in [-0.2, 0) is 10.0 Å². The molecule has 7 nitrogen and oxygen atoms in total. The zero-order chi connectivity index (χ0) is 22.2. The maximum absolute atomic E-state index is 13.0. The Morgan fingerprint density at radius 1 is 1.03 bits per heavy atom. The summed E-state index contributed by atoms with van der Waals surface area (Å²) < 4.78 is 34.9. The maximum atomic E-state index is 13.0. The molecule has 0 amide bonds. The van der Waals surface area contributed by atoms with Crippen molar-refractivity contribution in [2.45, 2.75) is 11.8 Å². The van der Waals surface area contributed by atoms with Crippen LogP contribution in [0.2, 0.25) is 5.02 Å². The van der Waals surface area contributed by atoms with Gasteiger partial charge in [0, 0.05) is 6.07 Å². The first-order valence-electron chi connectivity index (χ1n) is 9.26. The lowest BCUT2D eigenvalue weighted by Crippen LogP contribution is -2.22. The summed E-state index contributed by atoms with van der Waals surface area (Å²) in [7, 11) is -2.52. The maximum Gasteiger partial charge on any atom is 0.265 e. The first-order valence-corrected chi connectivity index (χ1v) is 11.1. The van der Waals surface area contributed by atoms with Gasteiger partial charge in [-0.05, 0) is 43.3 Å². The molecule has 3 aromatic carbocycles. The minimum absolute atomic E-state index is 0.0476. The van der Waals surface area contributed by atoms with Gasteiger partial charge in [0.05, 0.1) is 34.4 Å². The zero-order valence-electron chi connectivity index (χ0n) is 16.7. The second-order valence-corrected chi connectivity index (χ2v) is 8.80. The molecule has 0 fully saturated rings. The number of hydrogen-bond acceptors (Lipinski definition) is 5. The van der Waals surface area contributed by atoms with Gasteiger partial charge in [0.2, 0.25) is 0 Å². The molecule has 1 heterocycles. The number of sulfonamides is 1. The molecule has 0 aliphatic carbocycles. The summed E-state index contributed by atoms with van der Waals surface area (Å²) in [5.74, 6) is 0.739. The number of para-hydroxylation sites is 1. The average Bonchev–Trinajstić information content (AvgIpc) is 2.74. The van der Waals surface area contributed by atoms with Crippen LogP contribution >= 0.6 is 11.6 Å². The number of hydrogen-bond donors (Lipinski definition) is 1. The van der Waals surface area contributed by atoms with Crippen molar-refractivity contribution in [3.05, 3.63) is 87.9 Å². The molecular weight excluding hydrogens is 438 g/mol. The van der Waals surface area contributed by atoms with Gasteiger partial charge in [-0.3, -0.25) is 14.1 Å². The molecule has 0 unspecified atom stereocenters. The van der Waals surface area contributed by atoms with E-state index in [-0.39, 0.29) is 26.9 Å². The lowest BCUT2D eigenvalue weighted by molar-refractivity contribution is 0.416. The van der Waals surface area contributed by atoms with Crippen LogP contribution < -0.4 is 15.0 Å². The SMILES string of the molecule is COc1cc(-n2c(C)nc3ccccc3c2=O)ccc1NS(=O)(=O)c1ccccc1Cl. The first kappa shape index (κ1) is 20.9. The molecule has 158 valence electrons. The molecule has 0 spiro atoms. The predicted molar refractivity (Wildman–Crippen MR) is 121 cm³/mol. The Hall–Kier alpha value is -3.36. The normalized spacial score (nSPS) is 11.5. The highest BCUT2D eigenvalue weighted by Crippen LogP contribution is 2.31. The van der Waals surface area contributed by atoms with E-state index in [0.717, 1.165) is 0 Å². The highest BCUT2D eigenvalue weighted by atomic mass is 35.5. The molecule has 9 heteroatoms. The Bertz CT molecular complexity index is 1470. The third kappa shape index (κ3) is 3.87. The zero-order valence-corrected chi connectivity index (χ0v) is 18.2. The van der Waals surface area contributed by atoms with E-state index in [2.05, 4.69) is 9.71 Å². The van der Waals surface area contributed by atoms with Crippen molar-refractivity contribution in [2.24, 2.45) is 0 Å². The molecular formula is C22H18ClN3O4S. The van der Waals surface area contributed by atoms with E-state index in [1.807, 2.05) is 6.07 Å². The summed E-state index contributed by atoms with van der Waals surface area (Å²) in [5.41, 5.74) is 1.09. The van der Waals surface area contributed by atoms with Crippen molar-refractivity contribution in [2.75, 3.05) is 11.8 Å². The monoisotopic (exact) mass is 455 g/mol. The Balaban J connectivity index is 1.79. The summed E-state index contributed by atoms with van der Waals surface area (Å²) in [6.45, 7) is 1.73. The Labute approximate surface area is 183 Å². The van der Waals surface area contributed by atoms with Crippen LogP contribution in [0.25, 0.3) is 16.6 Å². The van der Waals surface area contributed by atoms with E-state index in [0.29, 0.717) is 22.4 Å². The number of nitrogens with one attached hydrogen (secondary N) is 1. The summed E-state index contributed by atoms with van der Waals surface area (Å²) in [6.07, 6.45) is 0. The number of aromatic nitrogens is 2. The molecule has 4 rings (SSSR count). The van der Waals surface area contributed by atoms with Crippen molar-refractivity contribution in [3.8, 4) is 11.4 Å². The van der Waals surface area contributed by atoms with Crippen LogP contribution in [0.5, 0.6) is 5.75 Å². The van der Waals surface area contributed by atoms with Crippen molar-refractivity contribution in [1.82, 2.24) is 9.55 Å². The van der Waals surface area contributed by atoms with Gasteiger partial charge in [-0.15, -0.1) is 0 Å². The van der Waals surface area contributed by atoms with Gasteiger partial charge in [0.1, 0.15) is 16.5 Å². The highest BCUT2D eigenvalue weighted by Gasteiger charge is 2.20. The number of fused-ring (bicyclic) bond motifs is 1. The molecule has 1 aromatic heterocycles. The number of aryl methyl sites for hydroxylation is 1. The number of methoxy groups -OCH3 is 1. The molecule has 0 radical (unpaired) electrons. The minimum atomic E-state index is -3.94. The molecule has 0 saturated carbocycles. The number of nitrogens with zero attached hydrogens (tertiary/aromatic N) is 2. The van der Waals surface area contributed by atoms with Crippen LogP contribution in [0, 0.1) is 6.92 Å². The largest absolute Gasteiger partial charge is 0.494 e. The Morgan fingerprint density at radius 3 is 2.48 bits per heavy atom. The quantitative estimate of drug-likeness (QED) is 0.488. The molecule has 0 saturated heterocycles. The van der Waals surface area contributed by atoms with Crippen LogP contribution in [0.4, 0.5) is 5.69 Å². The van der Waals surface area contributed by atoms with E-state index < -0.39 is 10.0 Å². The van der Waals surface area contributed by atoms with E-state index in [9.17, 15) is 13.2 Å². The second-order valence-electron chi connectivity index (χ2n) is 6.74. The average molecular weight is 456 g/mol. The number of ether oxygens (including phenoxy) is 1. The fourth-order valence-corrected chi connectivity index (χ4v) is 4.90. The van der Waals surface area contributed by atoms with Gasteiger partial charge in [-0.25, -0.2) is 13.4 Å². The molecule has 0 bridgehead atoms. The van der Waals surface area contributed by atoms with Gasteiger partial charge in [0.25, 0.3) is 15.6 Å².